The normalized spacial score (nSPS) is 21.6. The molecule has 0 radical (unpaired) electrons. The van der Waals surface area contributed by atoms with Crippen LogP contribution in [-0.4, -0.2) is 63.3 Å². The van der Waals surface area contributed by atoms with Crippen LogP contribution >= 0.6 is 11.8 Å². The fourth-order valence-corrected chi connectivity index (χ4v) is 3.25. The Morgan fingerprint density at radius 3 is 3.05 bits per heavy atom. The molecule has 3 rings (SSSR count). The number of amides is 2. The molecule has 0 aromatic carbocycles. The third kappa shape index (κ3) is 2.98. The monoisotopic (exact) mass is 324 g/mol. The SMILES string of the molecule is CSCC(=O)N1Cc2ccnn2[C@H](C(=O)N2CCCCO2)C1. The number of hydrogen-bond acceptors (Lipinski definition) is 5. The average Bonchev–Trinajstić information content (AvgIpc) is 3.02. The number of thioether (sulfide) groups is 1. The van der Waals surface area contributed by atoms with Crippen LogP contribution in [0.1, 0.15) is 24.6 Å². The van der Waals surface area contributed by atoms with Crippen molar-refractivity contribution in [3.63, 3.8) is 0 Å². The molecule has 0 saturated carbocycles. The lowest BCUT2D eigenvalue weighted by molar-refractivity contribution is -0.201. The van der Waals surface area contributed by atoms with Gasteiger partial charge < -0.3 is 4.90 Å². The van der Waals surface area contributed by atoms with Crippen LogP contribution in [0.15, 0.2) is 12.3 Å². The van der Waals surface area contributed by atoms with E-state index in [1.807, 2.05) is 12.3 Å². The summed E-state index contributed by atoms with van der Waals surface area (Å²) < 4.78 is 1.73. The molecule has 1 aromatic heterocycles. The Morgan fingerprint density at radius 2 is 2.32 bits per heavy atom. The van der Waals surface area contributed by atoms with E-state index < -0.39 is 6.04 Å². The summed E-state index contributed by atoms with van der Waals surface area (Å²) in [6.07, 6.45) is 5.49. The largest absolute Gasteiger partial charge is 0.333 e. The number of carbonyl (C=O) groups is 2. The van der Waals surface area contributed by atoms with Crippen LogP contribution in [-0.2, 0) is 21.0 Å². The molecular formula is C14H20N4O3S. The van der Waals surface area contributed by atoms with E-state index in [9.17, 15) is 9.59 Å². The van der Waals surface area contributed by atoms with Gasteiger partial charge in [0.25, 0.3) is 5.91 Å². The zero-order valence-electron chi connectivity index (χ0n) is 12.6. The zero-order chi connectivity index (χ0) is 15.5. The van der Waals surface area contributed by atoms with Crippen LogP contribution in [0.25, 0.3) is 0 Å². The number of aromatic nitrogens is 2. The van der Waals surface area contributed by atoms with Gasteiger partial charge in [-0.1, -0.05) is 0 Å². The molecule has 2 amide bonds. The van der Waals surface area contributed by atoms with Crippen LogP contribution in [0.3, 0.4) is 0 Å². The molecule has 0 bridgehead atoms. The van der Waals surface area contributed by atoms with Crippen molar-refractivity contribution in [3.05, 3.63) is 18.0 Å². The molecule has 0 aliphatic carbocycles. The first-order valence-corrected chi connectivity index (χ1v) is 8.83. The Bertz CT molecular complexity index is 556. The highest BCUT2D eigenvalue weighted by molar-refractivity contribution is 7.99. The summed E-state index contributed by atoms with van der Waals surface area (Å²) in [6.45, 7) is 2.03. The standard InChI is InChI=1S/C14H20N4O3S/c1-22-10-13(19)16-8-11-4-5-15-18(11)12(9-16)14(20)17-6-2-3-7-21-17/h4-5,12H,2-3,6-10H2,1H3/t12-/m0/s1. The van der Waals surface area contributed by atoms with E-state index >= 15 is 0 Å². The van der Waals surface area contributed by atoms with Gasteiger partial charge in [0.1, 0.15) is 0 Å². The molecule has 1 fully saturated rings. The quantitative estimate of drug-likeness (QED) is 0.818. The van der Waals surface area contributed by atoms with Crippen molar-refractivity contribution in [2.75, 3.05) is 31.7 Å². The summed E-state index contributed by atoms with van der Waals surface area (Å²) in [4.78, 5) is 32.1. The van der Waals surface area contributed by atoms with E-state index in [0.29, 0.717) is 32.0 Å². The number of hydroxylamine groups is 2. The van der Waals surface area contributed by atoms with Crippen molar-refractivity contribution >= 4 is 23.6 Å². The molecular weight excluding hydrogens is 304 g/mol. The Hall–Kier alpha value is -1.54. The van der Waals surface area contributed by atoms with Gasteiger partial charge in [-0.05, 0) is 25.2 Å². The van der Waals surface area contributed by atoms with Gasteiger partial charge in [0, 0.05) is 12.7 Å². The number of hydrogen-bond donors (Lipinski definition) is 0. The Morgan fingerprint density at radius 1 is 1.45 bits per heavy atom. The lowest BCUT2D eigenvalue weighted by atomic mass is 10.1. The molecule has 2 aliphatic heterocycles. The van der Waals surface area contributed by atoms with Gasteiger partial charge in [-0.25, -0.2) is 5.06 Å². The Kier molecular flexibility index (Phi) is 4.68. The molecule has 1 saturated heterocycles. The number of fused-ring (bicyclic) bond motifs is 1. The van der Waals surface area contributed by atoms with Crippen LogP contribution in [0.2, 0.25) is 0 Å². The number of nitrogens with zero attached hydrogens (tertiary/aromatic N) is 4. The van der Waals surface area contributed by atoms with Gasteiger partial charge in [0.15, 0.2) is 6.04 Å². The van der Waals surface area contributed by atoms with E-state index in [0.717, 1.165) is 18.5 Å². The van der Waals surface area contributed by atoms with Crippen molar-refractivity contribution in [2.45, 2.75) is 25.4 Å². The summed E-state index contributed by atoms with van der Waals surface area (Å²) in [6, 6.07) is 1.36. The maximum Gasteiger partial charge on any atom is 0.272 e. The molecule has 1 atom stereocenters. The minimum atomic E-state index is -0.498. The minimum absolute atomic E-state index is 0.0531. The van der Waals surface area contributed by atoms with Crippen molar-refractivity contribution in [3.8, 4) is 0 Å². The molecule has 2 aliphatic rings. The van der Waals surface area contributed by atoms with Gasteiger partial charge in [0.2, 0.25) is 5.91 Å². The second-order valence-corrected chi connectivity index (χ2v) is 6.34. The predicted molar refractivity (Wildman–Crippen MR) is 82.0 cm³/mol. The van der Waals surface area contributed by atoms with Gasteiger partial charge >= 0.3 is 0 Å². The summed E-state index contributed by atoms with van der Waals surface area (Å²) >= 11 is 1.49. The van der Waals surface area contributed by atoms with E-state index in [-0.39, 0.29) is 11.8 Å². The van der Waals surface area contributed by atoms with Crippen molar-refractivity contribution < 1.29 is 14.4 Å². The van der Waals surface area contributed by atoms with Crippen LogP contribution < -0.4 is 0 Å². The summed E-state index contributed by atoms with van der Waals surface area (Å²) in [5.41, 5.74) is 0.885. The molecule has 8 heteroatoms. The highest BCUT2D eigenvalue weighted by Gasteiger charge is 2.36. The van der Waals surface area contributed by atoms with Crippen molar-refractivity contribution in [2.24, 2.45) is 0 Å². The second-order valence-electron chi connectivity index (χ2n) is 5.47. The molecule has 120 valence electrons. The third-order valence-corrected chi connectivity index (χ3v) is 4.48. The van der Waals surface area contributed by atoms with Gasteiger partial charge in [-0.15, -0.1) is 0 Å². The van der Waals surface area contributed by atoms with Gasteiger partial charge in [-0.3, -0.25) is 19.1 Å². The fourth-order valence-electron chi connectivity index (χ4n) is 2.82. The first kappa shape index (κ1) is 15.4. The first-order chi connectivity index (χ1) is 10.7. The smallest absolute Gasteiger partial charge is 0.272 e. The Balaban J connectivity index is 1.80. The highest BCUT2D eigenvalue weighted by atomic mass is 32.2. The van der Waals surface area contributed by atoms with Crippen LogP contribution in [0, 0.1) is 0 Å². The second kappa shape index (κ2) is 6.70. The van der Waals surface area contributed by atoms with Crippen LogP contribution in [0.5, 0.6) is 0 Å². The summed E-state index contributed by atoms with van der Waals surface area (Å²) in [5.74, 6) is 0.360. The van der Waals surface area contributed by atoms with Crippen molar-refractivity contribution in [1.82, 2.24) is 19.7 Å². The minimum Gasteiger partial charge on any atom is -0.333 e. The summed E-state index contributed by atoms with van der Waals surface area (Å²) in [7, 11) is 0. The van der Waals surface area contributed by atoms with Gasteiger partial charge in [0.05, 0.1) is 31.1 Å². The van der Waals surface area contributed by atoms with E-state index in [4.69, 9.17) is 4.84 Å². The predicted octanol–water partition coefficient (Wildman–Crippen LogP) is 0.683. The van der Waals surface area contributed by atoms with Crippen LogP contribution in [0.4, 0.5) is 0 Å². The van der Waals surface area contributed by atoms with E-state index in [2.05, 4.69) is 5.10 Å². The fraction of sp³-hybridized carbons (Fsp3) is 0.643. The molecule has 3 heterocycles. The van der Waals surface area contributed by atoms with E-state index in [1.165, 1.54) is 16.8 Å². The average molecular weight is 324 g/mol. The molecule has 22 heavy (non-hydrogen) atoms. The zero-order valence-corrected chi connectivity index (χ0v) is 13.4. The van der Waals surface area contributed by atoms with Crippen molar-refractivity contribution in [1.29, 1.82) is 0 Å². The maximum absolute atomic E-state index is 12.7. The number of carbonyl (C=O) groups excluding carboxylic acids is 2. The molecule has 0 spiro atoms. The van der Waals surface area contributed by atoms with Gasteiger partial charge in [-0.2, -0.15) is 16.9 Å². The molecule has 1 aromatic rings. The molecule has 0 N–H and O–H groups in total. The van der Waals surface area contributed by atoms with E-state index in [1.54, 1.807) is 15.8 Å². The Labute approximate surface area is 133 Å². The lowest BCUT2D eigenvalue weighted by Gasteiger charge is -2.36. The molecule has 0 unspecified atom stereocenters. The molecule has 7 nitrogen and oxygen atoms in total. The topological polar surface area (TPSA) is 67.7 Å². The number of rotatable bonds is 3. The lowest BCUT2D eigenvalue weighted by Crippen LogP contribution is -2.49. The third-order valence-electron chi connectivity index (χ3n) is 3.95. The highest BCUT2D eigenvalue weighted by Crippen LogP contribution is 2.24. The first-order valence-electron chi connectivity index (χ1n) is 7.44. The summed E-state index contributed by atoms with van der Waals surface area (Å²) in [5, 5.41) is 5.70. The maximum atomic E-state index is 12.7.